The van der Waals surface area contributed by atoms with E-state index in [1.165, 1.54) is 0 Å². The summed E-state index contributed by atoms with van der Waals surface area (Å²) in [6.45, 7) is 0. The van der Waals surface area contributed by atoms with Crippen molar-refractivity contribution in [2.75, 3.05) is 21.1 Å². The van der Waals surface area contributed by atoms with Crippen molar-refractivity contribution in [1.82, 2.24) is 16.0 Å². The SMILES string of the molecule is CNC=C(NC)NC. The van der Waals surface area contributed by atoms with Gasteiger partial charge in [0.25, 0.3) is 0 Å². The van der Waals surface area contributed by atoms with Crippen molar-refractivity contribution in [1.29, 1.82) is 0 Å². The van der Waals surface area contributed by atoms with Crippen LogP contribution in [0.1, 0.15) is 0 Å². The highest BCUT2D eigenvalue weighted by Gasteiger charge is 1.80. The minimum atomic E-state index is 0.979. The maximum atomic E-state index is 2.94. The molecule has 0 aromatic carbocycles. The number of hydrogen-bond donors (Lipinski definition) is 3. The smallest absolute Gasteiger partial charge is 0.114 e. The first kappa shape index (κ1) is 7.14. The van der Waals surface area contributed by atoms with E-state index in [1.807, 2.05) is 27.3 Å². The van der Waals surface area contributed by atoms with Crippen molar-refractivity contribution >= 4 is 0 Å². The summed E-state index contributed by atoms with van der Waals surface area (Å²) in [5.74, 6) is 0.979. The van der Waals surface area contributed by atoms with Crippen molar-refractivity contribution in [2.45, 2.75) is 0 Å². The normalized spacial score (nSPS) is 7.38. The minimum absolute atomic E-state index is 0.979. The van der Waals surface area contributed by atoms with Crippen LogP contribution in [0.5, 0.6) is 0 Å². The molecule has 0 aliphatic rings. The Hall–Kier alpha value is -0.860. The summed E-state index contributed by atoms with van der Waals surface area (Å²) in [6, 6.07) is 0. The van der Waals surface area contributed by atoms with Gasteiger partial charge in [0.1, 0.15) is 5.82 Å². The van der Waals surface area contributed by atoms with Gasteiger partial charge in [0.2, 0.25) is 0 Å². The van der Waals surface area contributed by atoms with Crippen LogP contribution in [0.15, 0.2) is 12.0 Å². The third-order valence-corrected chi connectivity index (χ3v) is 0.827. The van der Waals surface area contributed by atoms with Crippen molar-refractivity contribution < 1.29 is 0 Å². The standard InChI is InChI=1S/C5H13N3/c1-6-4-5(7-2)8-3/h4,6-8H,1-3H3. The summed E-state index contributed by atoms with van der Waals surface area (Å²) in [5, 5.41) is 8.76. The monoisotopic (exact) mass is 115 g/mol. The molecule has 0 amide bonds. The molecule has 3 N–H and O–H groups in total. The number of nitrogens with one attached hydrogen (secondary N) is 3. The molecular weight excluding hydrogens is 102 g/mol. The molecule has 0 heterocycles. The molecular formula is C5H13N3. The van der Waals surface area contributed by atoms with E-state index in [0.717, 1.165) is 5.82 Å². The Morgan fingerprint density at radius 3 is 1.75 bits per heavy atom. The maximum Gasteiger partial charge on any atom is 0.114 e. The van der Waals surface area contributed by atoms with Crippen LogP contribution < -0.4 is 16.0 Å². The summed E-state index contributed by atoms with van der Waals surface area (Å²) < 4.78 is 0. The molecule has 0 rings (SSSR count). The molecule has 0 aromatic heterocycles. The highest BCUT2D eigenvalue weighted by molar-refractivity contribution is 4.92. The number of rotatable bonds is 3. The molecule has 0 aromatic rings. The summed E-state index contributed by atoms with van der Waals surface area (Å²) in [4.78, 5) is 0. The van der Waals surface area contributed by atoms with Gasteiger partial charge in [0.15, 0.2) is 0 Å². The zero-order valence-electron chi connectivity index (χ0n) is 5.58. The zero-order valence-corrected chi connectivity index (χ0v) is 5.58. The predicted octanol–water partition coefficient (Wildman–Crippen LogP) is -0.556. The van der Waals surface area contributed by atoms with Gasteiger partial charge in [-0.15, -0.1) is 0 Å². The van der Waals surface area contributed by atoms with E-state index in [9.17, 15) is 0 Å². The first-order valence-corrected chi connectivity index (χ1v) is 2.58. The second kappa shape index (κ2) is 4.30. The molecule has 0 atom stereocenters. The third-order valence-electron chi connectivity index (χ3n) is 0.827. The third kappa shape index (κ3) is 2.34. The van der Waals surface area contributed by atoms with Gasteiger partial charge in [-0.1, -0.05) is 0 Å². The first-order chi connectivity index (χ1) is 3.85. The summed E-state index contributed by atoms with van der Waals surface area (Å²) >= 11 is 0. The lowest BCUT2D eigenvalue weighted by Gasteiger charge is -2.03. The van der Waals surface area contributed by atoms with Gasteiger partial charge in [-0.05, 0) is 0 Å². The lowest BCUT2D eigenvalue weighted by molar-refractivity contribution is 0.814. The molecule has 0 aliphatic carbocycles. The highest BCUT2D eigenvalue weighted by atomic mass is 15.1. The van der Waals surface area contributed by atoms with E-state index >= 15 is 0 Å². The second-order valence-electron chi connectivity index (χ2n) is 1.35. The van der Waals surface area contributed by atoms with E-state index in [2.05, 4.69) is 16.0 Å². The molecule has 0 saturated carbocycles. The van der Waals surface area contributed by atoms with Gasteiger partial charge in [-0.2, -0.15) is 0 Å². The fraction of sp³-hybridized carbons (Fsp3) is 0.600. The lowest BCUT2D eigenvalue weighted by Crippen LogP contribution is -2.21. The molecule has 0 saturated heterocycles. The van der Waals surface area contributed by atoms with Crippen molar-refractivity contribution in [3.8, 4) is 0 Å². The topological polar surface area (TPSA) is 36.1 Å². The van der Waals surface area contributed by atoms with Crippen LogP contribution in [-0.4, -0.2) is 21.1 Å². The van der Waals surface area contributed by atoms with Crippen LogP contribution in [-0.2, 0) is 0 Å². The van der Waals surface area contributed by atoms with Crippen molar-refractivity contribution in [2.24, 2.45) is 0 Å². The van der Waals surface area contributed by atoms with Gasteiger partial charge < -0.3 is 16.0 Å². The summed E-state index contributed by atoms with van der Waals surface area (Å²) in [6.07, 6.45) is 1.85. The highest BCUT2D eigenvalue weighted by Crippen LogP contribution is 1.71. The molecule has 0 aliphatic heterocycles. The second-order valence-corrected chi connectivity index (χ2v) is 1.35. The molecule has 8 heavy (non-hydrogen) atoms. The zero-order chi connectivity index (χ0) is 6.41. The Morgan fingerprint density at radius 1 is 1.12 bits per heavy atom. The Balaban J connectivity index is 3.49. The first-order valence-electron chi connectivity index (χ1n) is 2.58. The van der Waals surface area contributed by atoms with Gasteiger partial charge in [-0.3, -0.25) is 0 Å². The summed E-state index contributed by atoms with van der Waals surface area (Å²) in [7, 11) is 5.58. The molecule has 0 unspecified atom stereocenters. The van der Waals surface area contributed by atoms with Gasteiger partial charge in [-0.25, -0.2) is 0 Å². The molecule has 3 heteroatoms. The van der Waals surface area contributed by atoms with E-state index in [1.54, 1.807) is 0 Å². The summed E-state index contributed by atoms with van der Waals surface area (Å²) in [5.41, 5.74) is 0. The molecule has 3 nitrogen and oxygen atoms in total. The van der Waals surface area contributed by atoms with Crippen LogP contribution in [0.4, 0.5) is 0 Å². The Labute approximate surface area is 50.2 Å². The van der Waals surface area contributed by atoms with Crippen LogP contribution in [0.3, 0.4) is 0 Å². The van der Waals surface area contributed by atoms with Crippen LogP contribution in [0, 0.1) is 0 Å². The molecule has 0 spiro atoms. The van der Waals surface area contributed by atoms with Gasteiger partial charge in [0, 0.05) is 27.3 Å². The fourth-order valence-corrected chi connectivity index (χ4v) is 0.414. The fourth-order valence-electron chi connectivity index (χ4n) is 0.414. The van der Waals surface area contributed by atoms with E-state index in [0.29, 0.717) is 0 Å². The molecule has 0 radical (unpaired) electrons. The van der Waals surface area contributed by atoms with Crippen LogP contribution in [0.2, 0.25) is 0 Å². The molecule has 0 fully saturated rings. The lowest BCUT2D eigenvalue weighted by atomic mass is 10.7. The minimum Gasteiger partial charge on any atom is -0.391 e. The average molecular weight is 115 g/mol. The average Bonchev–Trinajstić information content (AvgIpc) is 1.83. The Bertz CT molecular complexity index is 71.7. The molecule has 0 bridgehead atoms. The predicted molar refractivity (Wildman–Crippen MR) is 35.3 cm³/mol. The number of hydrogen-bond acceptors (Lipinski definition) is 3. The van der Waals surface area contributed by atoms with Crippen molar-refractivity contribution in [3.63, 3.8) is 0 Å². The quantitative estimate of drug-likeness (QED) is 0.461. The maximum absolute atomic E-state index is 2.94. The van der Waals surface area contributed by atoms with Gasteiger partial charge >= 0.3 is 0 Å². The van der Waals surface area contributed by atoms with Gasteiger partial charge in [0.05, 0.1) is 0 Å². The van der Waals surface area contributed by atoms with Crippen molar-refractivity contribution in [3.05, 3.63) is 12.0 Å². The van der Waals surface area contributed by atoms with E-state index in [-0.39, 0.29) is 0 Å². The van der Waals surface area contributed by atoms with E-state index in [4.69, 9.17) is 0 Å². The van der Waals surface area contributed by atoms with Crippen LogP contribution >= 0.6 is 0 Å². The van der Waals surface area contributed by atoms with Crippen LogP contribution in [0.25, 0.3) is 0 Å². The Kier molecular flexibility index (Phi) is 3.84. The molecule has 48 valence electrons. The Morgan fingerprint density at radius 2 is 1.62 bits per heavy atom. The van der Waals surface area contributed by atoms with E-state index < -0.39 is 0 Å². The largest absolute Gasteiger partial charge is 0.391 e.